The maximum absolute atomic E-state index is 3.73. The third-order valence-electron chi connectivity index (χ3n) is 1.87. The van der Waals surface area contributed by atoms with Crippen LogP contribution in [-0.4, -0.2) is 0 Å². The first kappa shape index (κ1) is 12.0. The molecule has 0 unspecified atom stereocenters. The summed E-state index contributed by atoms with van der Waals surface area (Å²) in [5.41, 5.74) is 2.63. The molecule has 0 heteroatoms. The number of allylic oxidation sites excluding steroid dienone is 6. The van der Waals surface area contributed by atoms with E-state index in [9.17, 15) is 0 Å². The molecule has 13 heavy (non-hydrogen) atoms. The molecule has 0 aromatic heterocycles. The van der Waals surface area contributed by atoms with E-state index in [4.69, 9.17) is 0 Å². The average molecular weight is 176 g/mol. The molecular weight excluding hydrogens is 156 g/mol. The summed E-state index contributed by atoms with van der Waals surface area (Å²) < 4.78 is 0. The second-order valence-corrected chi connectivity index (χ2v) is 4.20. The van der Waals surface area contributed by atoms with Gasteiger partial charge in [-0.1, -0.05) is 63.8 Å². The molecule has 0 rings (SSSR count). The third kappa shape index (κ3) is 4.51. The molecule has 0 nitrogen and oxygen atoms in total. The molecule has 72 valence electrons. The molecule has 0 aliphatic heterocycles. The Hall–Kier alpha value is -1.04. The molecule has 0 aromatic rings. The maximum Gasteiger partial charge on any atom is -0.0132 e. The van der Waals surface area contributed by atoms with Crippen LogP contribution in [0.5, 0.6) is 0 Å². The molecule has 0 saturated carbocycles. The first-order valence-electron chi connectivity index (χ1n) is 4.55. The van der Waals surface area contributed by atoms with Gasteiger partial charge in [0.25, 0.3) is 0 Å². The van der Waals surface area contributed by atoms with Crippen LogP contribution in [0.2, 0.25) is 0 Å². The molecule has 0 spiro atoms. The summed E-state index contributed by atoms with van der Waals surface area (Å²) in [6, 6.07) is 0. The van der Waals surface area contributed by atoms with Crippen LogP contribution in [0.25, 0.3) is 0 Å². The molecule has 0 heterocycles. The van der Waals surface area contributed by atoms with Crippen LogP contribution in [-0.2, 0) is 0 Å². The SMILES string of the molecule is C=C/C=C(\C=C(/C)C=C)C(C)(C)C. The van der Waals surface area contributed by atoms with E-state index in [0.717, 1.165) is 0 Å². The van der Waals surface area contributed by atoms with Crippen molar-refractivity contribution in [2.24, 2.45) is 5.41 Å². The highest BCUT2D eigenvalue weighted by Crippen LogP contribution is 2.27. The quantitative estimate of drug-likeness (QED) is 0.563. The van der Waals surface area contributed by atoms with Gasteiger partial charge in [-0.25, -0.2) is 0 Å². The van der Waals surface area contributed by atoms with E-state index in [2.05, 4.69) is 46.9 Å². The molecule has 0 radical (unpaired) electrons. The predicted octanol–water partition coefficient (Wildman–Crippen LogP) is 4.28. The minimum atomic E-state index is 0.165. The van der Waals surface area contributed by atoms with Gasteiger partial charge in [-0.15, -0.1) is 0 Å². The first-order valence-corrected chi connectivity index (χ1v) is 4.55. The molecule has 0 aromatic carbocycles. The zero-order chi connectivity index (χ0) is 10.5. The van der Waals surface area contributed by atoms with Gasteiger partial charge in [0, 0.05) is 0 Å². The van der Waals surface area contributed by atoms with Crippen LogP contribution in [0, 0.1) is 5.41 Å². The van der Waals surface area contributed by atoms with E-state index in [0.29, 0.717) is 0 Å². The summed E-state index contributed by atoms with van der Waals surface area (Å²) in [6.07, 6.45) is 7.89. The Morgan fingerprint density at radius 2 is 1.69 bits per heavy atom. The molecule has 0 bridgehead atoms. The van der Waals surface area contributed by atoms with Crippen molar-refractivity contribution < 1.29 is 0 Å². The highest BCUT2D eigenvalue weighted by atomic mass is 14.2. The van der Waals surface area contributed by atoms with E-state index in [1.165, 1.54) is 11.1 Å². The summed E-state index contributed by atoms with van der Waals surface area (Å²) in [4.78, 5) is 0. The topological polar surface area (TPSA) is 0 Å². The van der Waals surface area contributed by atoms with Crippen molar-refractivity contribution in [3.63, 3.8) is 0 Å². The van der Waals surface area contributed by atoms with Gasteiger partial charge in [-0.2, -0.15) is 0 Å². The highest BCUT2D eigenvalue weighted by Gasteiger charge is 2.13. The summed E-state index contributed by atoms with van der Waals surface area (Å²) in [5.74, 6) is 0. The van der Waals surface area contributed by atoms with E-state index in [1.807, 2.05) is 18.2 Å². The summed E-state index contributed by atoms with van der Waals surface area (Å²) >= 11 is 0. The number of rotatable bonds is 3. The summed E-state index contributed by atoms with van der Waals surface area (Å²) in [7, 11) is 0. The zero-order valence-electron chi connectivity index (χ0n) is 9.22. The van der Waals surface area contributed by atoms with Crippen LogP contribution in [0.1, 0.15) is 27.7 Å². The van der Waals surface area contributed by atoms with E-state index in [-0.39, 0.29) is 5.41 Å². The lowest BCUT2D eigenvalue weighted by molar-refractivity contribution is 0.516. The molecule has 0 atom stereocenters. The number of hydrogen-bond donors (Lipinski definition) is 0. The molecule has 0 aliphatic rings. The first-order chi connectivity index (χ1) is 5.91. The van der Waals surface area contributed by atoms with Crippen LogP contribution >= 0.6 is 0 Å². The van der Waals surface area contributed by atoms with Crippen molar-refractivity contribution in [2.75, 3.05) is 0 Å². The largest absolute Gasteiger partial charge is 0.0991 e. The van der Waals surface area contributed by atoms with Crippen LogP contribution in [0.15, 0.2) is 48.6 Å². The van der Waals surface area contributed by atoms with Crippen LogP contribution in [0.4, 0.5) is 0 Å². The van der Waals surface area contributed by atoms with Crippen molar-refractivity contribution in [1.29, 1.82) is 0 Å². The fourth-order valence-corrected chi connectivity index (χ4v) is 0.946. The standard InChI is InChI=1S/C13H20/c1-7-9-12(13(4,5)6)10-11(3)8-2/h7-10H,1-2H2,3-6H3/b11-10+,12-9+. The minimum Gasteiger partial charge on any atom is -0.0991 e. The van der Waals surface area contributed by atoms with Gasteiger partial charge in [0.2, 0.25) is 0 Å². The molecule has 0 fully saturated rings. The van der Waals surface area contributed by atoms with Crippen molar-refractivity contribution in [3.05, 3.63) is 48.6 Å². The smallest absolute Gasteiger partial charge is 0.0132 e. The van der Waals surface area contributed by atoms with Crippen LogP contribution < -0.4 is 0 Å². The van der Waals surface area contributed by atoms with Gasteiger partial charge in [0.15, 0.2) is 0 Å². The van der Waals surface area contributed by atoms with Gasteiger partial charge in [-0.3, -0.25) is 0 Å². The summed E-state index contributed by atoms with van der Waals surface area (Å²) in [6.45, 7) is 16.1. The lowest BCUT2D eigenvalue weighted by Crippen LogP contribution is -2.07. The Kier molecular flexibility index (Phi) is 4.47. The molecule has 0 N–H and O–H groups in total. The van der Waals surface area contributed by atoms with Crippen molar-refractivity contribution >= 4 is 0 Å². The lowest BCUT2D eigenvalue weighted by atomic mass is 9.85. The average Bonchev–Trinajstić information content (AvgIpc) is 2.01. The Balaban J connectivity index is 4.96. The molecule has 0 aliphatic carbocycles. The van der Waals surface area contributed by atoms with Crippen molar-refractivity contribution in [3.8, 4) is 0 Å². The maximum atomic E-state index is 3.73. The lowest BCUT2D eigenvalue weighted by Gasteiger charge is -2.20. The Labute approximate surface area is 82.4 Å². The highest BCUT2D eigenvalue weighted by molar-refractivity contribution is 5.33. The summed E-state index contributed by atoms with van der Waals surface area (Å²) in [5, 5.41) is 0. The third-order valence-corrected chi connectivity index (χ3v) is 1.87. The second-order valence-electron chi connectivity index (χ2n) is 4.20. The fraction of sp³-hybridized carbons (Fsp3) is 0.385. The Bertz CT molecular complexity index is 244. The van der Waals surface area contributed by atoms with Gasteiger partial charge < -0.3 is 0 Å². The van der Waals surface area contributed by atoms with E-state index >= 15 is 0 Å². The molecule has 0 amide bonds. The van der Waals surface area contributed by atoms with E-state index < -0.39 is 0 Å². The minimum absolute atomic E-state index is 0.165. The van der Waals surface area contributed by atoms with Gasteiger partial charge in [-0.05, 0) is 17.9 Å². The van der Waals surface area contributed by atoms with E-state index in [1.54, 1.807) is 0 Å². The fourth-order valence-electron chi connectivity index (χ4n) is 0.946. The zero-order valence-corrected chi connectivity index (χ0v) is 9.22. The Morgan fingerprint density at radius 3 is 2.00 bits per heavy atom. The molecular formula is C13H20. The predicted molar refractivity (Wildman–Crippen MR) is 61.7 cm³/mol. The van der Waals surface area contributed by atoms with Crippen molar-refractivity contribution in [1.82, 2.24) is 0 Å². The van der Waals surface area contributed by atoms with Gasteiger partial charge >= 0.3 is 0 Å². The van der Waals surface area contributed by atoms with Gasteiger partial charge in [0.05, 0.1) is 0 Å². The van der Waals surface area contributed by atoms with Gasteiger partial charge in [0.1, 0.15) is 0 Å². The van der Waals surface area contributed by atoms with Crippen LogP contribution in [0.3, 0.4) is 0 Å². The van der Waals surface area contributed by atoms with Crippen molar-refractivity contribution in [2.45, 2.75) is 27.7 Å². The second kappa shape index (κ2) is 4.86. The monoisotopic (exact) mass is 176 g/mol. The molecule has 0 saturated heterocycles. The number of hydrogen-bond acceptors (Lipinski definition) is 0. The Morgan fingerprint density at radius 1 is 1.15 bits per heavy atom. The normalized spacial score (nSPS) is 14.2.